The summed E-state index contributed by atoms with van der Waals surface area (Å²) in [7, 11) is 0. The average molecular weight is 292 g/mol. The van der Waals surface area contributed by atoms with Crippen molar-refractivity contribution < 1.29 is 9.66 Å². The monoisotopic (exact) mass is 292 g/mol. The molecule has 0 fully saturated rings. The Balaban J connectivity index is 2.23. The van der Waals surface area contributed by atoms with Gasteiger partial charge in [-0.3, -0.25) is 10.1 Å². The van der Waals surface area contributed by atoms with Gasteiger partial charge in [-0.2, -0.15) is 10.5 Å². The Hall–Kier alpha value is -3.71. The van der Waals surface area contributed by atoms with Gasteiger partial charge in [0.25, 0.3) is 5.88 Å². The number of nitrogens with zero attached hydrogens (tertiary/aromatic N) is 4. The van der Waals surface area contributed by atoms with E-state index in [2.05, 4.69) is 4.98 Å². The predicted molar refractivity (Wildman–Crippen MR) is 76.6 cm³/mol. The summed E-state index contributed by atoms with van der Waals surface area (Å²) in [6, 6.07) is 12.6. The van der Waals surface area contributed by atoms with E-state index in [1.807, 2.05) is 0 Å². The second-order valence-electron chi connectivity index (χ2n) is 4.04. The molecule has 0 radical (unpaired) electrons. The SMILES string of the molecule is N#CC(C#N)=Cc1ccc(Oc2ncccc2[N+](=O)[O-])cc1. The first-order chi connectivity index (χ1) is 10.6. The van der Waals surface area contributed by atoms with Crippen LogP contribution in [0.1, 0.15) is 5.56 Å². The molecule has 106 valence electrons. The zero-order valence-electron chi connectivity index (χ0n) is 11.1. The molecule has 7 heteroatoms. The predicted octanol–water partition coefficient (Wildman–Crippen LogP) is 3.21. The van der Waals surface area contributed by atoms with E-state index in [4.69, 9.17) is 15.3 Å². The molecule has 0 aliphatic carbocycles. The first-order valence-electron chi connectivity index (χ1n) is 6.03. The summed E-state index contributed by atoms with van der Waals surface area (Å²) in [4.78, 5) is 14.1. The van der Waals surface area contributed by atoms with Crippen molar-refractivity contribution in [1.82, 2.24) is 4.98 Å². The maximum absolute atomic E-state index is 10.9. The lowest BCUT2D eigenvalue weighted by Gasteiger charge is -2.05. The van der Waals surface area contributed by atoms with Crippen LogP contribution in [0.2, 0.25) is 0 Å². The molecular formula is C15H8N4O3. The summed E-state index contributed by atoms with van der Waals surface area (Å²) in [6.07, 6.45) is 2.82. The third-order valence-corrected chi connectivity index (χ3v) is 2.59. The fourth-order valence-corrected chi connectivity index (χ4v) is 1.60. The zero-order valence-corrected chi connectivity index (χ0v) is 11.1. The molecule has 1 heterocycles. The van der Waals surface area contributed by atoms with E-state index in [1.54, 1.807) is 36.4 Å². The summed E-state index contributed by atoms with van der Waals surface area (Å²) >= 11 is 0. The molecule has 0 aliphatic heterocycles. The van der Waals surface area contributed by atoms with E-state index in [9.17, 15) is 10.1 Å². The minimum Gasteiger partial charge on any atom is -0.434 e. The Morgan fingerprint density at radius 3 is 2.50 bits per heavy atom. The van der Waals surface area contributed by atoms with Gasteiger partial charge >= 0.3 is 5.69 Å². The molecule has 1 aromatic heterocycles. The number of allylic oxidation sites excluding steroid dienone is 1. The third kappa shape index (κ3) is 3.44. The lowest BCUT2D eigenvalue weighted by Crippen LogP contribution is -1.95. The third-order valence-electron chi connectivity index (χ3n) is 2.59. The van der Waals surface area contributed by atoms with Crippen LogP contribution < -0.4 is 4.74 Å². The highest BCUT2D eigenvalue weighted by Crippen LogP contribution is 2.28. The van der Waals surface area contributed by atoms with E-state index in [-0.39, 0.29) is 17.1 Å². The molecular weight excluding hydrogens is 284 g/mol. The maximum Gasteiger partial charge on any atom is 0.331 e. The molecule has 2 rings (SSSR count). The van der Waals surface area contributed by atoms with E-state index in [0.717, 1.165) is 0 Å². The van der Waals surface area contributed by atoms with Crippen molar-refractivity contribution in [3.05, 3.63) is 63.8 Å². The largest absolute Gasteiger partial charge is 0.434 e. The average Bonchev–Trinajstić information content (AvgIpc) is 2.54. The molecule has 0 bridgehead atoms. The Labute approximate surface area is 125 Å². The summed E-state index contributed by atoms with van der Waals surface area (Å²) in [5.41, 5.74) is 0.387. The van der Waals surface area contributed by atoms with Gasteiger partial charge in [0, 0.05) is 12.3 Å². The van der Waals surface area contributed by atoms with E-state index in [1.165, 1.54) is 24.4 Å². The van der Waals surface area contributed by atoms with Crippen LogP contribution in [0.15, 0.2) is 48.2 Å². The fourth-order valence-electron chi connectivity index (χ4n) is 1.60. The van der Waals surface area contributed by atoms with Crippen LogP contribution in [0.3, 0.4) is 0 Å². The van der Waals surface area contributed by atoms with Gasteiger partial charge in [0.1, 0.15) is 23.5 Å². The molecule has 0 aliphatic rings. The van der Waals surface area contributed by atoms with Crippen LogP contribution in [-0.4, -0.2) is 9.91 Å². The first-order valence-corrected chi connectivity index (χ1v) is 6.03. The van der Waals surface area contributed by atoms with E-state index < -0.39 is 4.92 Å². The summed E-state index contributed by atoms with van der Waals surface area (Å²) in [6.45, 7) is 0. The number of nitriles is 2. The molecule has 0 atom stereocenters. The number of hydrogen-bond donors (Lipinski definition) is 0. The number of hydrogen-bond acceptors (Lipinski definition) is 6. The molecule has 22 heavy (non-hydrogen) atoms. The second-order valence-corrected chi connectivity index (χ2v) is 4.04. The molecule has 0 amide bonds. The molecule has 2 aromatic rings. The van der Waals surface area contributed by atoms with Crippen LogP contribution in [0, 0.1) is 32.8 Å². The Kier molecular flexibility index (Phi) is 4.43. The van der Waals surface area contributed by atoms with Gasteiger partial charge in [0.2, 0.25) is 0 Å². The minimum absolute atomic E-state index is 0.0194. The van der Waals surface area contributed by atoms with Gasteiger partial charge < -0.3 is 4.74 Å². The number of nitro groups is 1. The molecule has 0 N–H and O–H groups in total. The molecule has 7 nitrogen and oxygen atoms in total. The maximum atomic E-state index is 10.9. The quantitative estimate of drug-likeness (QED) is 0.485. The van der Waals surface area contributed by atoms with Gasteiger partial charge in [-0.1, -0.05) is 12.1 Å². The van der Waals surface area contributed by atoms with Gasteiger partial charge in [-0.15, -0.1) is 0 Å². The normalized spacial score (nSPS) is 9.18. The molecule has 0 saturated carbocycles. The Morgan fingerprint density at radius 2 is 1.91 bits per heavy atom. The number of ether oxygens (including phenoxy) is 1. The molecule has 0 unspecified atom stereocenters. The van der Waals surface area contributed by atoms with Crippen molar-refractivity contribution in [3.8, 4) is 23.8 Å². The highest BCUT2D eigenvalue weighted by molar-refractivity contribution is 5.62. The minimum atomic E-state index is -0.578. The topological polar surface area (TPSA) is 113 Å². The fraction of sp³-hybridized carbons (Fsp3) is 0. The van der Waals surface area contributed by atoms with Crippen molar-refractivity contribution in [2.45, 2.75) is 0 Å². The summed E-state index contributed by atoms with van der Waals surface area (Å²) in [5.74, 6) is 0.250. The van der Waals surface area contributed by atoms with Crippen molar-refractivity contribution in [1.29, 1.82) is 10.5 Å². The zero-order chi connectivity index (χ0) is 15.9. The lowest BCUT2D eigenvalue weighted by molar-refractivity contribution is -0.386. The lowest BCUT2D eigenvalue weighted by atomic mass is 10.1. The van der Waals surface area contributed by atoms with Crippen LogP contribution in [-0.2, 0) is 0 Å². The Morgan fingerprint density at radius 1 is 1.23 bits per heavy atom. The van der Waals surface area contributed by atoms with Gasteiger partial charge in [0.05, 0.1) is 4.92 Å². The van der Waals surface area contributed by atoms with Gasteiger partial charge in [-0.05, 0) is 29.8 Å². The van der Waals surface area contributed by atoms with Gasteiger partial charge in [0.15, 0.2) is 0 Å². The van der Waals surface area contributed by atoms with Crippen LogP contribution in [0.25, 0.3) is 6.08 Å². The van der Waals surface area contributed by atoms with Gasteiger partial charge in [-0.25, -0.2) is 4.98 Å². The highest BCUT2D eigenvalue weighted by atomic mass is 16.6. The molecule has 0 saturated heterocycles. The standard InChI is InChI=1S/C15H8N4O3/c16-9-12(10-17)8-11-3-5-13(6-4-11)22-15-14(19(20)21)2-1-7-18-15/h1-8H. The van der Waals surface area contributed by atoms with Crippen molar-refractivity contribution in [2.24, 2.45) is 0 Å². The highest BCUT2D eigenvalue weighted by Gasteiger charge is 2.16. The summed E-state index contributed by atoms with van der Waals surface area (Å²) in [5, 5.41) is 28.2. The smallest absolute Gasteiger partial charge is 0.331 e. The van der Waals surface area contributed by atoms with Crippen molar-refractivity contribution in [3.63, 3.8) is 0 Å². The molecule has 1 aromatic carbocycles. The first kappa shape index (κ1) is 14.7. The van der Waals surface area contributed by atoms with Crippen LogP contribution >= 0.6 is 0 Å². The molecule has 0 spiro atoms. The van der Waals surface area contributed by atoms with E-state index in [0.29, 0.717) is 11.3 Å². The number of rotatable bonds is 4. The van der Waals surface area contributed by atoms with Crippen LogP contribution in [0.5, 0.6) is 11.6 Å². The number of benzene rings is 1. The second kappa shape index (κ2) is 6.64. The van der Waals surface area contributed by atoms with E-state index >= 15 is 0 Å². The Bertz CT molecular complexity index is 798. The number of pyridine rings is 1. The van der Waals surface area contributed by atoms with Crippen LogP contribution in [0.4, 0.5) is 5.69 Å². The summed E-state index contributed by atoms with van der Waals surface area (Å²) < 4.78 is 5.38. The number of aromatic nitrogens is 1. The van der Waals surface area contributed by atoms with Crippen molar-refractivity contribution in [2.75, 3.05) is 0 Å². The van der Waals surface area contributed by atoms with Crippen molar-refractivity contribution >= 4 is 11.8 Å².